The Kier molecular flexibility index (Phi) is 2.60. The van der Waals surface area contributed by atoms with Crippen LogP contribution in [0.15, 0.2) is 34.7 Å². The lowest BCUT2D eigenvalue weighted by Gasteiger charge is -1.99. The number of nitriles is 1. The third-order valence-corrected chi connectivity index (χ3v) is 3.24. The average molecular weight is 251 g/mol. The smallest absolute Gasteiger partial charge is 0.176 e. The van der Waals surface area contributed by atoms with Gasteiger partial charge in [0.25, 0.3) is 0 Å². The highest BCUT2D eigenvalue weighted by Crippen LogP contribution is 2.26. The fourth-order valence-corrected chi connectivity index (χ4v) is 2.17. The quantitative estimate of drug-likeness (QED) is 0.702. The van der Waals surface area contributed by atoms with Gasteiger partial charge in [-0.1, -0.05) is 6.92 Å². The summed E-state index contributed by atoms with van der Waals surface area (Å²) in [6, 6.07) is 11.5. The molecule has 19 heavy (non-hydrogen) atoms. The van der Waals surface area contributed by atoms with Gasteiger partial charge in [0.2, 0.25) is 0 Å². The van der Waals surface area contributed by atoms with E-state index in [2.05, 4.69) is 18.0 Å². The molecular formula is C15H13N3O. The predicted molar refractivity (Wildman–Crippen MR) is 72.5 cm³/mol. The van der Waals surface area contributed by atoms with Crippen molar-refractivity contribution in [3.05, 3.63) is 41.7 Å². The van der Waals surface area contributed by atoms with E-state index in [0.717, 1.165) is 34.8 Å². The molecule has 0 aliphatic carbocycles. The van der Waals surface area contributed by atoms with Crippen LogP contribution in [0.5, 0.6) is 0 Å². The van der Waals surface area contributed by atoms with E-state index < -0.39 is 0 Å². The van der Waals surface area contributed by atoms with E-state index in [-0.39, 0.29) is 0 Å². The van der Waals surface area contributed by atoms with Crippen molar-refractivity contribution in [3.63, 3.8) is 0 Å². The first-order valence-electron chi connectivity index (χ1n) is 6.18. The second kappa shape index (κ2) is 4.29. The molecule has 0 atom stereocenters. The van der Waals surface area contributed by atoms with Crippen LogP contribution in [-0.2, 0) is 13.5 Å². The minimum Gasteiger partial charge on any atom is -0.458 e. The molecule has 0 N–H and O–H groups in total. The molecule has 2 aromatic heterocycles. The van der Waals surface area contributed by atoms with E-state index >= 15 is 0 Å². The molecule has 0 saturated heterocycles. The van der Waals surface area contributed by atoms with Gasteiger partial charge in [0.15, 0.2) is 11.6 Å². The number of benzene rings is 1. The first-order valence-corrected chi connectivity index (χ1v) is 6.18. The molecule has 3 aromatic rings. The number of aromatic nitrogens is 2. The van der Waals surface area contributed by atoms with Crippen LogP contribution in [-0.4, -0.2) is 9.55 Å². The second-order valence-electron chi connectivity index (χ2n) is 4.43. The predicted octanol–water partition coefficient (Wildman–Crippen LogP) is 3.27. The summed E-state index contributed by atoms with van der Waals surface area (Å²) in [6.07, 6.45) is 0.864. The number of fused-ring (bicyclic) bond motifs is 1. The topological polar surface area (TPSA) is 54.8 Å². The van der Waals surface area contributed by atoms with Gasteiger partial charge in [-0.15, -0.1) is 0 Å². The van der Waals surface area contributed by atoms with Gasteiger partial charge in [-0.05, 0) is 30.3 Å². The monoisotopic (exact) mass is 251 g/mol. The van der Waals surface area contributed by atoms with Gasteiger partial charge in [-0.2, -0.15) is 5.26 Å². The summed E-state index contributed by atoms with van der Waals surface area (Å²) >= 11 is 0. The Labute approximate surface area is 110 Å². The lowest BCUT2D eigenvalue weighted by molar-refractivity contribution is 0.524. The third-order valence-electron chi connectivity index (χ3n) is 3.24. The lowest BCUT2D eigenvalue weighted by atomic mass is 10.2. The zero-order valence-electron chi connectivity index (χ0n) is 10.8. The normalized spacial score (nSPS) is 10.8. The lowest BCUT2D eigenvalue weighted by Crippen LogP contribution is -1.91. The van der Waals surface area contributed by atoms with Gasteiger partial charge in [0.05, 0.1) is 22.7 Å². The number of rotatable bonds is 2. The fraction of sp³-hybridized carbons (Fsp3) is 0.200. The molecule has 2 heterocycles. The van der Waals surface area contributed by atoms with Gasteiger partial charge in [-0.25, -0.2) is 4.98 Å². The van der Waals surface area contributed by atoms with Gasteiger partial charge in [-0.3, -0.25) is 0 Å². The third kappa shape index (κ3) is 1.80. The molecule has 4 heteroatoms. The van der Waals surface area contributed by atoms with Crippen molar-refractivity contribution in [3.8, 4) is 17.7 Å². The number of furan rings is 1. The van der Waals surface area contributed by atoms with Gasteiger partial charge >= 0.3 is 0 Å². The van der Waals surface area contributed by atoms with E-state index in [1.807, 2.05) is 35.9 Å². The second-order valence-corrected chi connectivity index (χ2v) is 4.43. The van der Waals surface area contributed by atoms with Crippen LogP contribution in [0.1, 0.15) is 18.2 Å². The van der Waals surface area contributed by atoms with Gasteiger partial charge in [0.1, 0.15) is 5.76 Å². The van der Waals surface area contributed by atoms with Crippen LogP contribution >= 0.6 is 0 Å². The summed E-state index contributed by atoms with van der Waals surface area (Å²) in [4.78, 5) is 4.57. The van der Waals surface area contributed by atoms with E-state index in [4.69, 9.17) is 9.68 Å². The molecule has 0 aliphatic heterocycles. The molecule has 0 aliphatic rings. The minimum atomic E-state index is 0.635. The standard InChI is InChI=1S/C15H13N3O/c1-3-11-5-7-14(19-11)15-17-12-6-4-10(9-16)8-13(12)18(15)2/h4-8H,3H2,1-2H3. The molecular weight excluding hydrogens is 238 g/mol. The molecule has 4 nitrogen and oxygen atoms in total. The van der Waals surface area contributed by atoms with Crippen LogP contribution in [0, 0.1) is 11.3 Å². The summed E-state index contributed by atoms with van der Waals surface area (Å²) in [5, 5.41) is 8.95. The molecule has 0 bridgehead atoms. The zero-order chi connectivity index (χ0) is 13.4. The SMILES string of the molecule is CCc1ccc(-c2nc3ccc(C#N)cc3n2C)o1. The van der Waals surface area contributed by atoms with Gasteiger partial charge < -0.3 is 8.98 Å². The maximum Gasteiger partial charge on any atom is 0.176 e. The average Bonchev–Trinajstić information content (AvgIpc) is 3.03. The number of imidazole rings is 1. The molecule has 94 valence electrons. The summed E-state index contributed by atoms with van der Waals surface area (Å²) in [6.45, 7) is 2.05. The molecule has 3 rings (SSSR count). The summed E-state index contributed by atoms with van der Waals surface area (Å²) in [5.74, 6) is 2.48. The van der Waals surface area contributed by atoms with Crippen molar-refractivity contribution < 1.29 is 4.42 Å². The van der Waals surface area contributed by atoms with E-state index in [0.29, 0.717) is 5.56 Å². The Balaban J connectivity index is 2.19. The van der Waals surface area contributed by atoms with Crippen molar-refractivity contribution in [1.82, 2.24) is 9.55 Å². The first-order chi connectivity index (χ1) is 9.22. The fourth-order valence-electron chi connectivity index (χ4n) is 2.17. The first kappa shape index (κ1) is 11.5. The highest BCUT2D eigenvalue weighted by Gasteiger charge is 2.13. The van der Waals surface area contributed by atoms with Crippen molar-refractivity contribution in [2.45, 2.75) is 13.3 Å². The summed E-state index contributed by atoms with van der Waals surface area (Å²) < 4.78 is 7.69. The molecule has 0 amide bonds. The highest BCUT2D eigenvalue weighted by atomic mass is 16.3. The number of hydrogen-bond acceptors (Lipinski definition) is 3. The Bertz CT molecular complexity index is 789. The van der Waals surface area contributed by atoms with Crippen molar-refractivity contribution >= 4 is 11.0 Å². The van der Waals surface area contributed by atoms with Crippen molar-refractivity contribution in [2.24, 2.45) is 7.05 Å². The maximum absolute atomic E-state index is 8.95. The number of hydrogen-bond donors (Lipinski definition) is 0. The molecule has 0 spiro atoms. The highest BCUT2D eigenvalue weighted by molar-refractivity contribution is 5.81. The number of nitrogens with zero attached hydrogens (tertiary/aromatic N) is 3. The Morgan fingerprint density at radius 1 is 1.32 bits per heavy atom. The molecule has 0 fully saturated rings. The van der Waals surface area contributed by atoms with Crippen molar-refractivity contribution in [2.75, 3.05) is 0 Å². The zero-order valence-corrected chi connectivity index (χ0v) is 10.8. The molecule has 0 saturated carbocycles. The van der Waals surface area contributed by atoms with Gasteiger partial charge in [0, 0.05) is 13.5 Å². The van der Waals surface area contributed by atoms with Crippen LogP contribution in [0.4, 0.5) is 0 Å². The number of aryl methyl sites for hydroxylation is 2. The Hall–Kier alpha value is -2.54. The van der Waals surface area contributed by atoms with Crippen LogP contribution in [0.25, 0.3) is 22.6 Å². The summed E-state index contributed by atoms with van der Waals surface area (Å²) in [7, 11) is 1.93. The summed E-state index contributed by atoms with van der Waals surface area (Å²) in [5.41, 5.74) is 2.44. The van der Waals surface area contributed by atoms with E-state index in [9.17, 15) is 0 Å². The van der Waals surface area contributed by atoms with E-state index in [1.165, 1.54) is 0 Å². The molecule has 1 aromatic carbocycles. The molecule has 0 radical (unpaired) electrons. The van der Waals surface area contributed by atoms with Crippen LogP contribution in [0.2, 0.25) is 0 Å². The maximum atomic E-state index is 8.95. The van der Waals surface area contributed by atoms with Crippen molar-refractivity contribution in [1.29, 1.82) is 5.26 Å². The van der Waals surface area contributed by atoms with Crippen LogP contribution in [0.3, 0.4) is 0 Å². The van der Waals surface area contributed by atoms with Crippen LogP contribution < -0.4 is 0 Å². The Morgan fingerprint density at radius 2 is 2.16 bits per heavy atom. The largest absolute Gasteiger partial charge is 0.458 e. The van der Waals surface area contributed by atoms with E-state index in [1.54, 1.807) is 6.07 Å². The minimum absolute atomic E-state index is 0.635. The Morgan fingerprint density at radius 3 is 2.84 bits per heavy atom. The molecule has 0 unspecified atom stereocenters.